The van der Waals surface area contributed by atoms with Crippen molar-refractivity contribution in [3.8, 4) is 0 Å². The van der Waals surface area contributed by atoms with Crippen LogP contribution in [0.2, 0.25) is 0 Å². The Kier molecular flexibility index (Phi) is 6.24. The van der Waals surface area contributed by atoms with E-state index in [2.05, 4.69) is 47.4 Å². The molecule has 0 radical (unpaired) electrons. The summed E-state index contributed by atoms with van der Waals surface area (Å²) in [4.78, 5) is 3.10. The Balaban J connectivity index is 2.55. The van der Waals surface area contributed by atoms with Gasteiger partial charge in [-0.3, -0.25) is 0 Å². The van der Waals surface area contributed by atoms with Crippen molar-refractivity contribution in [2.45, 2.75) is 32.3 Å². The highest BCUT2D eigenvalue weighted by Gasteiger charge is 2.44. The molecule has 1 heterocycles. The van der Waals surface area contributed by atoms with Gasteiger partial charge in [-0.05, 0) is 26.7 Å². The number of nitrogens with one attached hydrogen (secondary N) is 2. The summed E-state index contributed by atoms with van der Waals surface area (Å²) in [6, 6.07) is 0. The van der Waals surface area contributed by atoms with Crippen LogP contribution in [-0.4, -0.2) is 66.6 Å². The van der Waals surface area contributed by atoms with E-state index in [9.17, 15) is 0 Å². The summed E-state index contributed by atoms with van der Waals surface area (Å²) >= 11 is 0. The third kappa shape index (κ3) is 6.21. The summed E-state index contributed by atoms with van der Waals surface area (Å²) in [6.07, 6.45) is 2.41. The molecule has 19 heavy (non-hydrogen) atoms. The zero-order chi connectivity index (χ0) is 14.5. The van der Waals surface area contributed by atoms with Gasteiger partial charge in [0.05, 0.1) is 52.3 Å². The van der Waals surface area contributed by atoms with Crippen LogP contribution in [0.4, 0.5) is 0 Å². The van der Waals surface area contributed by atoms with Gasteiger partial charge in [0.25, 0.3) is 0 Å². The van der Waals surface area contributed by atoms with Gasteiger partial charge in [-0.2, -0.15) is 0 Å². The summed E-state index contributed by atoms with van der Waals surface area (Å²) in [7, 11) is 9.00. The molecule has 1 saturated heterocycles. The number of ether oxygens (including phenoxy) is 1. The number of hydrogen-bond donors (Lipinski definition) is 3. The fourth-order valence-corrected chi connectivity index (χ4v) is 3.53. The predicted octanol–water partition coefficient (Wildman–Crippen LogP) is -2.59. The van der Waals surface area contributed by atoms with E-state index in [1.54, 1.807) is 4.90 Å². The Morgan fingerprint density at radius 3 is 2.32 bits per heavy atom. The highest BCUT2D eigenvalue weighted by atomic mass is 16.5. The second-order valence-corrected chi connectivity index (χ2v) is 7.66. The smallest absolute Gasteiger partial charge is 0.126 e. The first-order chi connectivity index (χ1) is 8.75. The van der Waals surface area contributed by atoms with Gasteiger partial charge in [0, 0.05) is 6.61 Å². The lowest BCUT2D eigenvalue weighted by atomic mass is 9.73. The largest absolute Gasteiger partial charge is 0.376 e. The lowest BCUT2D eigenvalue weighted by Gasteiger charge is -2.43. The van der Waals surface area contributed by atoms with Crippen molar-refractivity contribution in [3.05, 3.63) is 0 Å². The summed E-state index contributed by atoms with van der Waals surface area (Å²) < 4.78 is 5.92. The van der Waals surface area contributed by atoms with Crippen molar-refractivity contribution in [2.75, 3.05) is 61.0 Å². The summed E-state index contributed by atoms with van der Waals surface area (Å²) in [5.74, 6) is 0. The van der Waals surface area contributed by atoms with Crippen LogP contribution in [0.1, 0.15) is 26.7 Å². The molecule has 0 aromatic carbocycles. The summed E-state index contributed by atoms with van der Waals surface area (Å²) in [6.45, 7) is 10.4. The molecule has 0 aromatic heterocycles. The Morgan fingerprint density at radius 1 is 1.11 bits per heavy atom. The highest BCUT2D eigenvalue weighted by Crippen LogP contribution is 2.36. The number of likely N-dealkylation sites (N-methyl/N-ethyl adjacent to an activating group) is 1. The number of quaternary nitrogens is 3. The minimum absolute atomic E-state index is 0.0499. The van der Waals surface area contributed by atoms with Gasteiger partial charge < -0.3 is 19.9 Å². The molecule has 1 aliphatic rings. The number of rotatable bonds is 7. The predicted molar refractivity (Wildman–Crippen MR) is 78.7 cm³/mol. The van der Waals surface area contributed by atoms with E-state index in [1.165, 1.54) is 43.9 Å². The lowest BCUT2D eigenvalue weighted by molar-refractivity contribution is -0.881. The molecule has 4 N–H and O–H groups in total. The SMILES string of the molecule is C[NH+](C)CC[NH2+]C[C@@]1(C[NH+](C)C)CCOC(C)(C)C1. The topological polar surface area (TPSA) is 34.7 Å². The third-order valence-corrected chi connectivity index (χ3v) is 4.08. The van der Waals surface area contributed by atoms with Gasteiger partial charge in [0.1, 0.15) is 13.1 Å². The maximum atomic E-state index is 5.92. The zero-order valence-corrected chi connectivity index (χ0v) is 13.9. The Morgan fingerprint density at radius 2 is 1.79 bits per heavy atom. The molecule has 1 atom stereocenters. The monoisotopic (exact) mass is 274 g/mol. The lowest BCUT2D eigenvalue weighted by Crippen LogP contribution is -3.10. The van der Waals surface area contributed by atoms with Crippen molar-refractivity contribution in [2.24, 2.45) is 5.41 Å². The average molecular weight is 274 g/mol. The van der Waals surface area contributed by atoms with Gasteiger partial charge in [-0.1, -0.05) is 0 Å². The number of hydrogen-bond acceptors (Lipinski definition) is 1. The average Bonchev–Trinajstić information content (AvgIpc) is 2.21. The van der Waals surface area contributed by atoms with Crippen molar-refractivity contribution in [1.29, 1.82) is 0 Å². The summed E-state index contributed by atoms with van der Waals surface area (Å²) in [5, 5.41) is 2.53. The first-order valence-electron chi connectivity index (χ1n) is 7.78. The Hall–Kier alpha value is -0.160. The van der Waals surface area contributed by atoms with Crippen LogP contribution >= 0.6 is 0 Å². The van der Waals surface area contributed by atoms with Crippen LogP contribution < -0.4 is 15.1 Å². The number of nitrogens with two attached hydrogens (primary N) is 1. The second kappa shape index (κ2) is 7.02. The quantitative estimate of drug-likeness (QED) is 0.438. The standard InChI is InChI=1S/C15H33N3O/c1-14(2)11-15(7-10-19-14,13-18(5)6)12-16-8-9-17(3)4/h16H,7-13H2,1-6H3/p+3/t15-/m1/s1. The fourth-order valence-electron chi connectivity index (χ4n) is 3.53. The van der Waals surface area contributed by atoms with Crippen LogP contribution in [0.3, 0.4) is 0 Å². The normalized spacial score (nSPS) is 27.2. The molecule has 0 bridgehead atoms. The molecule has 0 saturated carbocycles. The fraction of sp³-hybridized carbons (Fsp3) is 1.00. The maximum absolute atomic E-state index is 5.92. The molecular formula is C15H36N3O+3. The molecule has 0 aromatic rings. The van der Waals surface area contributed by atoms with Crippen molar-refractivity contribution in [1.82, 2.24) is 0 Å². The molecule has 0 unspecified atom stereocenters. The van der Waals surface area contributed by atoms with E-state index in [0.717, 1.165) is 6.61 Å². The second-order valence-electron chi connectivity index (χ2n) is 7.66. The zero-order valence-electron chi connectivity index (χ0n) is 13.9. The van der Waals surface area contributed by atoms with Crippen molar-refractivity contribution < 1.29 is 19.9 Å². The van der Waals surface area contributed by atoms with Crippen LogP contribution in [-0.2, 0) is 4.74 Å². The van der Waals surface area contributed by atoms with E-state index in [4.69, 9.17) is 4.74 Å². The van der Waals surface area contributed by atoms with Gasteiger partial charge in [0.15, 0.2) is 0 Å². The van der Waals surface area contributed by atoms with Crippen LogP contribution in [0, 0.1) is 5.41 Å². The van der Waals surface area contributed by atoms with Crippen LogP contribution in [0.25, 0.3) is 0 Å². The molecule has 4 nitrogen and oxygen atoms in total. The Labute approximate surface area is 119 Å². The molecule has 114 valence electrons. The van der Waals surface area contributed by atoms with Gasteiger partial charge in [-0.25, -0.2) is 0 Å². The third-order valence-electron chi connectivity index (χ3n) is 4.08. The van der Waals surface area contributed by atoms with Crippen LogP contribution in [0.15, 0.2) is 0 Å². The first kappa shape index (κ1) is 16.9. The van der Waals surface area contributed by atoms with Crippen molar-refractivity contribution >= 4 is 0 Å². The molecule has 0 spiro atoms. The molecule has 1 rings (SSSR count). The molecule has 4 heteroatoms. The molecule has 0 aliphatic carbocycles. The maximum Gasteiger partial charge on any atom is 0.126 e. The first-order valence-corrected chi connectivity index (χ1v) is 7.78. The molecular weight excluding hydrogens is 238 g/mol. The molecule has 1 fully saturated rings. The van der Waals surface area contributed by atoms with Gasteiger partial charge in [-0.15, -0.1) is 0 Å². The molecule has 0 amide bonds. The summed E-state index contributed by atoms with van der Waals surface area (Å²) in [5.41, 5.74) is 0.497. The minimum atomic E-state index is 0.0499. The van der Waals surface area contributed by atoms with Gasteiger partial charge >= 0.3 is 0 Å². The van der Waals surface area contributed by atoms with E-state index < -0.39 is 0 Å². The minimum Gasteiger partial charge on any atom is -0.376 e. The highest BCUT2D eigenvalue weighted by molar-refractivity contribution is 4.89. The van der Waals surface area contributed by atoms with Crippen LogP contribution in [0.5, 0.6) is 0 Å². The van der Waals surface area contributed by atoms with Crippen molar-refractivity contribution in [3.63, 3.8) is 0 Å². The molecule has 1 aliphatic heterocycles. The van der Waals surface area contributed by atoms with E-state index in [-0.39, 0.29) is 5.60 Å². The van der Waals surface area contributed by atoms with E-state index in [1.807, 2.05) is 0 Å². The van der Waals surface area contributed by atoms with E-state index >= 15 is 0 Å². The van der Waals surface area contributed by atoms with Gasteiger partial charge in [0.2, 0.25) is 0 Å². The van der Waals surface area contributed by atoms with E-state index in [0.29, 0.717) is 5.41 Å². The Bertz CT molecular complexity index is 266.